The van der Waals surface area contributed by atoms with Crippen LogP contribution in [-0.4, -0.2) is 50.8 Å². The van der Waals surface area contributed by atoms with E-state index in [1.807, 2.05) is 12.1 Å². The van der Waals surface area contributed by atoms with Crippen molar-refractivity contribution in [3.63, 3.8) is 0 Å². The summed E-state index contributed by atoms with van der Waals surface area (Å²) in [6.07, 6.45) is 7.32. The highest BCUT2D eigenvalue weighted by atomic mass is 35.5. The average molecular weight is 610 g/mol. The third-order valence-corrected chi connectivity index (χ3v) is 8.96. The van der Waals surface area contributed by atoms with E-state index in [1.54, 1.807) is 31.3 Å². The Bertz CT molecular complexity index is 1550. The Balaban J connectivity index is 1.14. The van der Waals surface area contributed by atoms with Gasteiger partial charge in [0.1, 0.15) is 11.6 Å². The van der Waals surface area contributed by atoms with Crippen molar-refractivity contribution in [3.05, 3.63) is 82.2 Å². The van der Waals surface area contributed by atoms with E-state index in [0.717, 1.165) is 62.1 Å². The molecule has 3 aliphatic rings. The van der Waals surface area contributed by atoms with Crippen LogP contribution in [0.5, 0.6) is 11.5 Å². The lowest BCUT2D eigenvalue weighted by atomic mass is 9.88. The maximum absolute atomic E-state index is 14.8. The second-order valence-corrected chi connectivity index (χ2v) is 13.0. The molecule has 3 aromatic rings. The fourth-order valence-corrected chi connectivity index (χ4v) is 6.79. The number of hydrogen-bond acceptors (Lipinski definition) is 6. The van der Waals surface area contributed by atoms with Crippen molar-refractivity contribution in [1.82, 2.24) is 14.5 Å². The van der Waals surface area contributed by atoms with Gasteiger partial charge in [0.05, 0.1) is 36.2 Å². The Morgan fingerprint density at radius 1 is 1.19 bits per heavy atom. The number of carboxylic acids is 1. The molecule has 1 N–H and O–H groups in total. The number of carbonyl (C=O) groups is 1. The Kier molecular flexibility index (Phi) is 8.00. The van der Waals surface area contributed by atoms with Crippen molar-refractivity contribution in [2.75, 3.05) is 19.7 Å². The highest BCUT2D eigenvalue weighted by molar-refractivity contribution is 6.30. The maximum atomic E-state index is 14.8. The Morgan fingerprint density at radius 3 is 2.67 bits per heavy atom. The fraction of sp³-hybridized carbons (Fsp3) is 0.455. The minimum Gasteiger partial charge on any atom is -0.478 e. The molecular weight excluding hydrogens is 573 g/mol. The fourth-order valence-electron chi connectivity index (χ4n) is 6.63. The van der Waals surface area contributed by atoms with E-state index in [1.165, 1.54) is 6.07 Å². The molecule has 0 radical (unpaired) electrons. The molecule has 0 unspecified atom stereocenters. The van der Waals surface area contributed by atoms with Crippen molar-refractivity contribution in [3.8, 4) is 11.5 Å². The van der Waals surface area contributed by atoms with Gasteiger partial charge < -0.3 is 23.9 Å². The van der Waals surface area contributed by atoms with Crippen molar-refractivity contribution >= 4 is 23.6 Å². The number of fused-ring (bicyclic) bond motifs is 1. The van der Waals surface area contributed by atoms with Gasteiger partial charge >= 0.3 is 5.97 Å². The average Bonchev–Trinajstić information content (AvgIpc) is 3.61. The van der Waals surface area contributed by atoms with Gasteiger partial charge in [-0.1, -0.05) is 23.7 Å². The molecule has 6 rings (SSSR count). The molecule has 4 heterocycles. The minimum atomic E-state index is -1.28. The van der Waals surface area contributed by atoms with E-state index in [0.29, 0.717) is 41.2 Å². The van der Waals surface area contributed by atoms with Gasteiger partial charge in [-0.15, -0.1) is 0 Å². The highest BCUT2D eigenvalue weighted by Gasteiger charge is 2.43. The number of likely N-dealkylation sites (tertiary alicyclic amines) is 1. The zero-order chi connectivity index (χ0) is 30.4. The van der Waals surface area contributed by atoms with Crippen LogP contribution >= 0.6 is 11.6 Å². The summed E-state index contributed by atoms with van der Waals surface area (Å²) in [5.74, 6) is 0.0657. The van der Waals surface area contributed by atoms with E-state index in [4.69, 9.17) is 30.8 Å². The number of carboxylic acid groups (broad SMARTS) is 1. The van der Waals surface area contributed by atoms with Crippen molar-refractivity contribution in [2.45, 2.75) is 70.4 Å². The molecule has 10 heteroatoms. The molecule has 43 heavy (non-hydrogen) atoms. The maximum Gasteiger partial charge on any atom is 0.328 e. The van der Waals surface area contributed by atoms with Crippen LogP contribution < -0.4 is 9.47 Å². The molecule has 0 amide bonds. The first-order valence-electron chi connectivity index (χ1n) is 14.8. The summed E-state index contributed by atoms with van der Waals surface area (Å²) in [7, 11) is 0. The number of ether oxygens (including phenoxy) is 3. The molecule has 2 saturated heterocycles. The van der Waals surface area contributed by atoms with Gasteiger partial charge in [-0.2, -0.15) is 0 Å². The van der Waals surface area contributed by atoms with Crippen LogP contribution in [-0.2, 0) is 28.4 Å². The zero-order valence-electron chi connectivity index (χ0n) is 24.7. The van der Waals surface area contributed by atoms with E-state index < -0.39 is 17.6 Å². The largest absolute Gasteiger partial charge is 0.478 e. The van der Waals surface area contributed by atoms with E-state index in [-0.39, 0.29) is 11.5 Å². The third kappa shape index (κ3) is 6.30. The van der Waals surface area contributed by atoms with E-state index in [9.17, 15) is 14.3 Å². The quantitative estimate of drug-likeness (QED) is 0.288. The van der Waals surface area contributed by atoms with Gasteiger partial charge in [0.25, 0.3) is 5.79 Å². The molecule has 2 aromatic carbocycles. The number of para-hydroxylation sites is 1. The summed E-state index contributed by atoms with van der Waals surface area (Å²) in [5, 5.41) is 9.51. The Labute approximate surface area is 256 Å². The third-order valence-electron chi connectivity index (χ3n) is 8.72. The number of aliphatic carboxylic acids is 1. The summed E-state index contributed by atoms with van der Waals surface area (Å²) in [6.45, 7) is 9.75. The summed E-state index contributed by atoms with van der Waals surface area (Å²) >= 11 is 5.97. The van der Waals surface area contributed by atoms with Crippen LogP contribution in [0.2, 0.25) is 5.02 Å². The van der Waals surface area contributed by atoms with Crippen molar-refractivity contribution in [1.29, 1.82) is 0 Å². The number of nitrogens with zero attached hydrogens (tertiary/aromatic N) is 3. The van der Waals surface area contributed by atoms with Gasteiger partial charge in [0.2, 0.25) is 0 Å². The van der Waals surface area contributed by atoms with Gasteiger partial charge in [-0.3, -0.25) is 4.90 Å². The highest BCUT2D eigenvalue weighted by Crippen LogP contribution is 2.50. The molecule has 8 nitrogen and oxygen atoms in total. The van der Waals surface area contributed by atoms with Gasteiger partial charge in [0.15, 0.2) is 11.5 Å². The smallest absolute Gasteiger partial charge is 0.328 e. The predicted molar refractivity (Wildman–Crippen MR) is 161 cm³/mol. The van der Waals surface area contributed by atoms with Crippen LogP contribution in [0.3, 0.4) is 0 Å². The molecule has 3 aliphatic heterocycles. The predicted octanol–water partition coefficient (Wildman–Crippen LogP) is 6.61. The van der Waals surface area contributed by atoms with Crippen LogP contribution in [0, 0.1) is 11.7 Å². The summed E-state index contributed by atoms with van der Waals surface area (Å²) in [6, 6.07) is 10.4. The first-order valence-corrected chi connectivity index (χ1v) is 15.2. The van der Waals surface area contributed by atoms with Crippen LogP contribution in [0.15, 0.2) is 48.7 Å². The van der Waals surface area contributed by atoms with Gasteiger partial charge in [0, 0.05) is 36.0 Å². The number of hydrogen-bond donors (Lipinski definition) is 1. The molecule has 0 saturated carbocycles. The molecule has 1 aromatic heterocycles. The van der Waals surface area contributed by atoms with Crippen LogP contribution in [0.4, 0.5) is 4.39 Å². The summed E-state index contributed by atoms with van der Waals surface area (Å²) < 4.78 is 35.4. The molecule has 0 bridgehead atoms. The van der Waals surface area contributed by atoms with Gasteiger partial charge in [-0.05, 0) is 82.5 Å². The summed E-state index contributed by atoms with van der Waals surface area (Å²) in [4.78, 5) is 18.3. The molecule has 0 aliphatic carbocycles. The molecule has 228 valence electrons. The number of benzene rings is 2. The van der Waals surface area contributed by atoms with Crippen LogP contribution in [0.1, 0.15) is 68.6 Å². The van der Waals surface area contributed by atoms with E-state index in [2.05, 4.69) is 29.4 Å². The Morgan fingerprint density at radius 2 is 1.98 bits per heavy atom. The van der Waals surface area contributed by atoms with Crippen molar-refractivity contribution in [2.24, 2.45) is 5.92 Å². The van der Waals surface area contributed by atoms with E-state index >= 15 is 0 Å². The lowest BCUT2D eigenvalue weighted by molar-refractivity contribution is -0.131. The first kappa shape index (κ1) is 29.7. The lowest BCUT2D eigenvalue weighted by Gasteiger charge is -2.32. The number of rotatable bonds is 8. The second-order valence-electron chi connectivity index (χ2n) is 12.5. The minimum absolute atomic E-state index is 0.156. The molecule has 2 atom stereocenters. The lowest BCUT2D eigenvalue weighted by Crippen LogP contribution is -2.34. The number of imidazole rings is 1. The topological polar surface area (TPSA) is 86.1 Å². The monoisotopic (exact) mass is 609 g/mol. The second kappa shape index (κ2) is 11.6. The number of piperidine rings is 1. The normalized spacial score (nSPS) is 23.8. The summed E-state index contributed by atoms with van der Waals surface area (Å²) in [5.41, 5.74) is 2.00. The zero-order valence-corrected chi connectivity index (χ0v) is 25.4. The van der Waals surface area contributed by atoms with Crippen LogP contribution in [0.25, 0.3) is 6.08 Å². The number of aromatic nitrogens is 2. The number of halogens is 2. The Hall–Kier alpha value is -3.40. The molecule has 0 spiro atoms. The molecular formula is C33H37ClFN3O5. The standard InChI is InChI=1S/C33H37ClFN3O5/c1-32(2)16-21(20-41-32)18-38-24(8-10-30(39)40)17-36-29(38)19-37-13-11-22(12-14-37)25-5-4-6-28-31(25)43-33(3,42-28)26-9-7-23(34)15-27(26)35/h4-10,15,17,21-22H,11-14,16,18-20H2,1-3H3,(H,39,40)/b10-8+/t21-,33+/m1/s1. The van der Waals surface area contributed by atoms with Gasteiger partial charge in [-0.25, -0.2) is 14.2 Å². The first-order chi connectivity index (χ1) is 20.5. The van der Waals surface area contributed by atoms with Crippen molar-refractivity contribution < 1.29 is 28.5 Å². The SMILES string of the molecule is CC1(C)C[C@H](Cn2c(/C=C/C(=O)O)cnc2CN2CCC(c3cccc4c3O[C@@](C)(c3ccc(Cl)cc3F)O4)CC2)CO1. The molecule has 2 fully saturated rings.